The summed E-state index contributed by atoms with van der Waals surface area (Å²) in [6.07, 6.45) is 4.06. The second-order valence-corrected chi connectivity index (χ2v) is 8.13. The Morgan fingerprint density at radius 3 is 2.43 bits per heavy atom. The molecule has 1 heterocycles. The third-order valence-corrected chi connectivity index (χ3v) is 5.54. The topological polar surface area (TPSA) is 82.2 Å². The first-order chi connectivity index (χ1) is 14.2. The summed E-state index contributed by atoms with van der Waals surface area (Å²) < 4.78 is 5.71. The normalized spacial score (nSPS) is 11.7. The summed E-state index contributed by atoms with van der Waals surface area (Å²) in [7, 11) is 0. The first-order valence-electron chi connectivity index (χ1n) is 10.5. The van der Waals surface area contributed by atoms with Crippen LogP contribution < -0.4 is 4.74 Å². The molecule has 0 aliphatic carbocycles. The zero-order chi connectivity index (χ0) is 22.4. The molecule has 0 aliphatic rings. The number of rotatable bonds is 8. The molecule has 30 heavy (non-hydrogen) atoms. The predicted octanol–water partition coefficient (Wildman–Crippen LogP) is 6.74. The smallest absolute Gasteiger partial charge is 0.180 e. The summed E-state index contributed by atoms with van der Waals surface area (Å²) in [4.78, 5) is 5.05. The molecule has 0 amide bonds. The standard InChI is InChI=1S/C25H34N4O/c1-8-9-21(15(2)3)25-16(4)10-11-20(28-25)13-22-17(5)12-23(19(7)18(22)6)30-14-24(26)29-27/h9-12,15,26-27H,8,13-14H2,1-7H3/b21-9-,26-24?,29-27?. The highest BCUT2D eigenvalue weighted by Gasteiger charge is 2.15. The van der Waals surface area contributed by atoms with Gasteiger partial charge in [-0.15, -0.1) is 5.11 Å². The minimum absolute atomic E-state index is 0.00713. The molecule has 0 atom stereocenters. The summed E-state index contributed by atoms with van der Waals surface area (Å²) in [5.41, 5.74) is 16.2. The lowest BCUT2D eigenvalue weighted by atomic mass is 9.92. The first-order valence-corrected chi connectivity index (χ1v) is 10.5. The van der Waals surface area contributed by atoms with Crippen LogP contribution in [0.25, 0.3) is 5.57 Å². The lowest BCUT2D eigenvalue weighted by Gasteiger charge is -2.18. The monoisotopic (exact) mass is 406 g/mol. The van der Waals surface area contributed by atoms with Crippen molar-refractivity contribution in [3.8, 4) is 5.75 Å². The van der Waals surface area contributed by atoms with E-state index in [9.17, 15) is 0 Å². The van der Waals surface area contributed by atoms with Gasteiger partial charge in [0.1, 0.15) is 12.4 Å². The molecule has 0 fully saturated rings. The number of allylic oxidation sites excluding steroid dienone is 2. The fraction of sp³-hybridized carbons (Fsp3) is 0.440. The molecule has 1 aromatic carbocycles. The average molecular weight is 407 g/mol. The zero-order valence-electron chi connectivity index (χ0n) is 19.3. The quantitative estimate of drug-likeness (QED) is 0.289. The van der Waals surface area contributed by atoms with Gasteiger partial charge in [-0.1, -0.05) is 32.9 Å². The third kappa shape index (κ3) is 5.41. The Hall–Kier alpha value is -2.82. The lowest BCUT2D eigenvalue weighted by molar-refractivity contribution is 0.370. The van der Waals surface area contributed by atoms with Crippen LogP contribution in [0.5, 0.6) is 5.75 Å². The second kappa shape index (κ2) is 10.3. The van der Waals surface area contributed by atoms with Gasteiger partial charge in [0.05, 0.1) is 5.69 Å². The zero-order valence-corrected chi connectivity index (χ0v) is 19.3. The number of aryl methyl sites for hydroxylation is 2. The van der Waals surface area contributed by atoms with E-state index in [0.29, 0.717) is 5.92 Å². The summed E-state index contributed by atoms with van der Waals surface area (Å²) >= 11 is 0. The van der Waals surface area contributed by atoms with Crippen LogP contribution in [0.1, 0.15) is 66.4 Å². The van der Waals surface area contributed by atoms with E-state index < -0.39 is 0 Å². The molecule has 0 radical (unpaired) electrons. The minimum atomic E-state index is -0.0914. The van der Waals surface area contributed by atoms with Gasteiger partial charge in [0.2, 0.25) is 0 Å². The molecule has 5 heteroatoms. The van der Waals surface area contributed by atoms with Crippen LogP contribution in [0.4, 0.5) is 0 Å². The number of benzene rings is 1. The highest BCUT2D eigenvalue weighted by Crippen LogP contribution is 2.30. The van der Waals surface area contributed by atoms with E-state index in [0.717, 1.165) is 41.1 Å². The Morgan fingerprint density at radius 2 is 1.83 bits per heavy atom. The number of amidine groups is 1. The van der Waals surface area contributed by atoms with Crippen molar-refractivity contribution in [3.05, 3.63) is 63.5 Å². The molecule has 160 valence electrons. The maximum atomic E-state index is 7.50. The summed E-state index contributed by atoms with van der Waals surface area (Å²) in [6.45, 7) is 15.0. The Bertz CT molecular complexity index is 974. The van der Waals surface area contributed by atoms with Gasteiger partial charge in [0, 0.05) is 12.1 Å². The fourth-order valence-corrected chi connectivity index (χ4v) is 3.67. The van der Waals surface area contributed by atoms with E-state index >= 15 is 0 Å². The second-order valence-electron chi connectivity index (χ2n) is 8.13. The van der Waals surface area contributed by atoms with Gasteiger partial charge in [0.25, 0.3) is 0 Å². The molecular formula is C25H34N4O. The van der Waals surface area contributed by atoms with Crippen LogP contribution in [0.3, 0.4) is 0 Å². The fourth-order valence-electron chi connectivity index (χ4n) is 3.67. The van der Waals surface area contributed by atoms with Crippen LogP contribution >= 0.6 is 0 Å². The molecule has 0 unspecified atom stereocenters. The Morgan fingerprint density at radius 1 is 1.13 bits per heavy atom. The largest absolute Gasteiger partial charge is 0.485 e. The van der Waals surface area contributed by atoms with Gasteiger partial charge in [-0.2, -0.15) is 0 Å². The van der Waals surface area contributed by atoms with E-state index in [-0.39, 0.29) is 12.4 Å². The van der Waals surface area contributed by atoms with Crippen LogP contribution in [0.15, 0.2) is 29.4 Å². The van der Waals surface area contributed by atoms with Crippen molar-refractivity contribution in [2.45, 2.75) is 61.3 Å². The molecule has 0 bridgehead atoms. The summed E-state index contributed by atoms with van der Waals surface area (Å²) in [5, 5.41) is 10.6. The molecule has 2 N–H and O–H groups in total. The molecule has 0 aliphatic heterocycles. The van der Waals surface area contributed by atoms with Gasteiger partial charge in [0.15, 0.2) is 5.84 Å². The van der Waals surface area contributed by atoms with Crippen LogP contribution in [-0.4, -0.2) is 17.4 Å². The number of nitrogens with zero attached hydrogens (tertiary/aromatic N) is 2. The Balaban J connectivity index is 2.40. The third-order valence-electron chi connectivity index (χ3n) is 5.54. The molecule has 2 rings (SSSR count). The van der Waals surface area contributed by atoms with Crippen molar-refractivity contribution >= 4 is 11.4 Å². The van der Waals surface area contributed by atoms with Crippen LogP contribution in [-0.2, 0) is 6.42 Å². The van der Waals surface area contributed by atoms with Crippen LogP contribution in [0, 0.1) is 44.6 Å². The minimum Gasteiger partial charge on any atom is -0.485 e. The van der Waals surface area contributed by atoms with Crippen LogP contribution in [0.2, 0.25) is 0 Å². The van der Waals surface area contributed by atoms with Gasteiger partial charge in [-0.3, -0.25) is 10.4 Å². The number of aromatic nitrogens is 1. The number of nitrogens with one attached hydrogen (secondary N) is 2. The SMILES string of the molecule is CC/C=C(\c1nc(Cc2c(C)cc(OCC(=N)N=N)c(C)c2C)ccc1C)C(C)C. The molecule has 5 nitrogen and oxygen atoms in total. The maximum Gasteiger partial charge on any atom is 0.180 e. The molecule has 2 aromatic rings. The predicted molar refractivity (Wildman–Crippen MR) is 124 cm³/mol. The Labute approximate surface area is 180 Å². The van der Waals surface area contributed by atoms with E-state index in [1.165, 1.54) is 22.3 Å². The van der Waals surface area contributed by atoms with E-state index in [4.69, 9.17) is 20.7 Å². The van der Waals surface area contributed by atoms with E-state index in [1.54, 1.807) is 0 Å². The number of pyridine rings is 1. The van der Waals surface area contributed by atoms with Crippen molar-refractivity contribution in [2.75, 3.05) is 6.61 Å². The summed E-state index contributed by atoms with van der Waals surface area (Å²) in [5.74, 6) is 1.08. The van der Waals surface area contributed by atoms with Gasteiger partial charge < -0.3 is 4.74 Å². The van der Waals surface area contributed by atoms with Gasteiger partial charge >= 0.3 is 0 Å². The number of hydrogen-bond acceptors (Lipinski definition) is 4. The highest BCUT2D eigenvalue weighted by atomic mass is 16.5. The molecule has 1 aromatic heterocycles. The number of ether oxygens (including phenoxy) is 1. The van der Waals surface area contributed by atoms with E-state index in [2.05, 4.69) is 64.9 Å². The molecule has 0 spiro atoms. The van der Waals surface area contributed by atoms with Crippen molar-refractivity contribution in [1.29, 1.82) is 10.9 Å². The van der Waals surface area contributed by atoms with E-state index in [1.807, 2.05) is 13.0 Å². The molecular weight excluding hydrogens is 372 g/mol. The van der Waals surface area contributed by atoms with Crippen molar-refractivity contribution < 1.29 is 4.74 Å². The Kier molecular flexibility index (Phi) is 8.04. The van der Waals surface area contributed by atoms with Crippen molar-refractivity contribution in [2.24, 2.45) is 11.0 Å². The first kappa shape index (κ1) is 23.5. The van der Waals surface area contributed by atoms with Gasteiger partial charge in [-0.25, -0.2) is 5.53 Å². The van der Waals surface area contributed by atoms with Crippen molar-refractivity contribution in [1.82, 2.24) is 4.98 Å². The number of hydrogen-bond donors (Lipinski definition) is 2. The molecule has 0 saturated carbocycles. The summed E-state index contributed by atoms with van der Waals surface area (Å²) in [6, 6.07) is 6.31. The van der Waals surface area contributed by atoms with Crippen molar-refractivity contribution in [3.63, 3.8) is 0 Å². The van der Waals surface area contributed by atoms with Gasteiger partial charge in [-0.05, 0) is 85.6 Å². The highest BCUT2D eigenvalue weighted by molar-refractivity contribution is 5.80. The average Bonchev–Trinajstić information content (AvgIpc) is 2.71. The lowest BCUT2D eigenvalue weighted by Crippen LogP contribution is -2.10. The molecule has 0 saturated heterocycles. The maximum absolute atomic E-state index is 7.50.